The Morgan fingerprint density at radius 2 is 1.07 bits per heavy atom. The summed E-state index contributed by atoms with van der Waals surface area (Å²) in [4.78, 5) is 4.68. The van der Waals surface area contributed by atoms with Crippen LogP contribution >= 0.6 is 0 Å². The van der Waals surface area contributed by atoms with Crippen molar-refractivity contribution in [3.8, 4) is 0 Å². The van der Waals surface area contributed by atoms with Gasteiger partial charge in [0.25, 0.3) is 0 Å². The molecule has 1 heteroatoms. The molecule has 27 heavy (non-hydrogen) atoms. The van der Waals surface area contributed by atoms with Crippen LogP contribution in [0.4, 0.5) is 0 Å². The minimum atomic E-state index is 0.187. The Balaban J connectivity index is 1.64. The first-order chi connectivity index (χ1) is 13.4. The molecular formula is C26H21N. The standard InChI is InChI=1S/C26H21N/c1-4-10-21(11-5-1)16-18-25-19-17-24(20-27-25)26(22-12-6-2-7-13-22)23-14-8-3-9-15-23/h1-20,26H/b18-16+. The van der Waals surface area contributed by atoms with Gasteiger partial charge in [0.1, 0.15) is 0 Å². The molecule has 0 bridgehead atoms. The largest absolute Gasteiger partial charge is 0.257 e. The van der Waals surface area contributed by atoms with Crippen LogP contribution in [0.25, 0.3) is 12.2 Å². The van der Waals surface area contributed by atoms with Gasteiger partial charge in [0, 0.05) is 12.1 Å². The van der Waals surface area contributed by atoms with Crippen LogP contribution in [0, 0.1) is 0 Å². The Labute approximate surface area is 160 Å². The van der Waals surface area contributed by atoms with Crippen LogP contribution in [0.1, 0.15) is 33.9 Å². The zero-order valence-electron chi connectivity index (χ0n) is 15.1. The fraction of sp³-hybridized carbons (Fsp3) is 0.0385. The average molecular weight is 347 g/mol. The van der Waals surface area contributed by atoms with Gasteiger partial charge in [-0.15, -0.1) is 0 Å². The Morgan fingerprint density at radius 3 is 1.59 bits per heavy atom. The van der Waals surface area contributed by atoms with Crippen molar-refractivity contribution in [1.82, 2.24) is 4.98 Å². The van der Waals surface area contributed by atoms with Crippen molar-refractivity contribution in [2.75, 3.05) is 0 Å². The summed E-state index contributed by atoms with van der Waals surface area (Å²) in [6, 6.07) is 35.8. The summed E-state index contributed by atoms with van der Waals surface area (Å²) in [6.07, 6.45) is 6.14. The summed E-state index contributed by atoms with van der Waals surface area (Å²) in [5, 5.41) is 0. The number of nitrogens with zero attached hydrogens (tertiary/aromatic N) is 1. The van der Waals surface area contributed by atoms with Crippen LogP contribution in [0.5, 0.6) is 0 Å². The average Bonchev–Trinajstić information content (AvgIpc) is 2.76. The van der Waals surface area contributed by atoms with Gasteiger partial charge in [-0.1, -0.05) is 103 Å². The van der Waals surface area contributed by atoms with Gasteiger partial charge in [0.15, 0.2) is 0 Å². The number of hydrogen-bond donors (Lipinski definition) is 0. The maximum atomic E-state index is 4.68. The lowest BCUT2D eigenvalue weighted by Crippen LogP contribution is -2.03. The van der Waals surface area contributed by atoms with Crippen LogP contribution in [0.15, 0.2) is 109 Å². The molecule has 130 valence electrons. The Morgan fingerprint density at radius 1 is 0.519 bits per heavy atom. The van der Waals surface area contributed by atoms with Gasteiger partial charge >= 0.3 is 0 Å². The van der Waals surface area contributed by atoms with Crippen molar-refractivity contribution >= 4 is 12.2 Å². The molecular weight excluding hydrogens is 326 g/mol. The van der Waals surface area contributed by atoms with Crippen molar-refractivity contribution in [3.63, 3.8) is 0 Å². The normalized spacial score (nSPS) is 11.1. The van der Waals surface area contributed by atoms with Crippen LogP contribution in [0.2, 0.25) is 0 Å². The summed E-state index contributed by atoms with van der Waals surface area (Å²) in [6.45, 7) is 0. The summed E-state index contributed by atoms with van der Waals surface area (Å²) in [5.41, 5.74) is 5.89. The second kappa shape index (κ2) is 8.29. The molecule has 1 heterocycles. The number of rotatable bonds is 5. The molecule has 0 saturated carbocycles. The summed E-state index contributed by atoms with van der Waals surface area (Å²) in [7, 11) is 0. The van der Waals surface area contributed by atoms with E-state index >= 15 is 0 Å². The van der Waals surface area contributed by atoms with Gasteiger partial charge in [-0.25, -0.2) is 0 Å². The highest BCUT2D eigenvalue weighted by molar-refractivity contribution is 5.67. The van der Waals surface area contributed by atoms with Crippen molar-refractivity contribution < 1.29 is 0 Å². The predicted molar refractivity (Wildman–Crippen MR) is 113 cm³/mol. The highest BCUT2D eigenvalue weighted by Crippen LogP contribution is 2.31. The fourth-order valence-electron chi connectivity index (χ4n) is 3.30. The van der Waals surface area contributed by atoms with Gasteiger partial charge < -0.3 is 0 Å². The molecule has 0 N–H and O–H groups in total. The van der Waals surface area contributed by atoms with E-state index in [-0.39, 0.29) is 5.92 Å². The van der Waals surface area contributed by atoms with E-state index in [4.69, 9.17) is 0 Å². The molecule has 0 unspecified atom stereocenters. The van der Waals surface area contributed by atoms with Crippen molar-refractivity contribution in [2.45, 2.75) is 5.92 Å². The van der Waals surface area contributed by atoms with E-state index in [0.717, 1.165) is 5.69 Å². The lowest BCUT2D eigenvalue weighted by Gasteiger charge is -2.18. The van der Waals surface area contributed by atoms with E-state index < -0.39 is 0 Å². The van der Waals surface area contributed by atoms with E-state index in [1.807, 2.05) is 24.4 Å². The summed E-state index contributed by atoms with van der Waals surface area (Å²) >= 11 is 0. The fourth-order valence-corrected chi connectivity index (χ4v) is 3.30. The minimum absolute atomic E-state index is 0.187. The Bertz CT molecular complexity index is 949. The highest BCUT2D eigenvalue weighted by Gasteiger charge is 2.16. The van der Waals surface area contributed by atoms with Gasteiger partial charge in [-0.2, -0.15) is 0 Å². The molecule has 3 aromatic carbocycles. The van der Waals surface area contributed by atoms with E-state index in [1.54, 1.807) is 0 Å². The third-order valence-corrected chi connectivity index (χ3v) is 4.65. The maximum Gasteiger partial charge on any atom is 0.0630 e. The molecule has 1 nitrogen and oxygen atoms in total. The molecule has 0 aliphatic heterocycles. The van der Waals surface area contributed by atoms with E-state index in [2.05, 4.69) is 102 Å². The zero-order valence-corrected chi connectivity index (χ0v) is 15.1. The molecule has 0 aliphatic carbocycles. The van der Waals surface area contributed by atoms with Gasteiger partial charge in [-0.3, -0.25) is 4.98 Å². The predicted octanol–water partition coefficient (Wildman–Crippen LogP) is 6.43. The molecule has 4 rings (SSSR count). The lowest BCUT2D eigenvalue weighted by molar-refractivity contribution is 0.962. The molecule has 0 fully saturated rings. The SMILES string of the molecule is C(=C\c1ccc(C(c2ccccc2)c2ccccc2)cn1)/c1ccccc1. The topological polar surface area (TPSA) is 12.9 Å². The van der Waals surface area contributed by atoms with Crippen molar-refractivity contribution in [1.29, 1.82) is 0 Å². The molecule has 0 atom stereocenters. The summed E-state index contributed by atoms with van der Waals surface area (Å²) in [5.74, 6) is 0.187. The number of aromatic nitrogens is 1. The van der Waals surface area contributed by atoms with Gasteiger partial charge in [0.2, 0.25) is 0 Å². The summed E-state index contributed by atoms with van der Waals surface area (Å²) < 4.78 is 0. The maximum absolute atomic E-state index is 4.68. The molecule has 0 radical (unpaired) electrons. The second-order valence-corrected chi connectivity index (χ2v) is 6.51. The monoisotopic (exact) mass is 347 g/mol. The third-order valence-electron chi connectivity index (χ3n) is 4.65. The van der Waals surface area contributed by atoms with Gasteiger partial charge in [0.05, 0.1) is 5.69 Å². The molecule has 0 saturated heterocycles. The highest BCUT2D eigenvalue weighted by atomic mass is 14.7. The smallest absolute Gasteiger partial charge is 0.0630 e. The number of hydrogen-bond acceptors (Lipinski definition) is 1. The van der Waals surface area contributed by atoms with Crippen LogP contribution in [-0.2, 0) is 0 Å². The molecule has 4 aromatic rings. The quantitative estimate of drug-likeness (QED) is 0.405. The number of benzene rings is 3. The molecule has 0 amide bonds. The first-order valence-corrected chi connectivity index (χ1v) is 9.19. The first kappa shape index (κ1) is 17.0. The second-order valence-electron chi connectivity index (χ2n) is 6.51. The lowest BCUT2D eigenvalue weighted by atomic mass is 9.86. The van der Waals surface area contributed by atoms with E-state index in [1.165, 1.54) is 22.3 Å². The van der Waals surface area contributed by atoms with Crippen LogP contribution in [-0.4, -0.2) is 4.98 Å². The molecule has 1 aromatic heterocycles. The Kier molecular flexibility index (Phi) is 5.21. The van der Waals surface area contributed by atoms with Crippen LogP contribution in [0.3, 0.4) is 0 Å². The Hall–Kier alpha value is -3.45. The minimum Gasteiger partial charge on any atom is -0.257 e. The van der Waals surface area contributed by atoms with Crippen molar-refractivity contribution in [3.05, 3.63) is 137 Å². The zero-order chi connectivity index (χ0) is 18.3. The molecule has 0 spiro atoms. The van der Waals surface area contributed by atoms with E-state index in [9.17, 15) is 0 Å². The van der Waals surface area contributed by atoms with Crippen molar-refractivity contribution in [2.24, 2.45) is 0 Å². The third kappa shape index (κ3) is 4.21. The van der Waals surface area contributed by atoms with Gasteiger partial charge in [-0.05, 0) is 34.4 Å². The number of pyridine rings is 1. The van der Waals surface area contributed by atoms with E-state index in [0.29, 0.717) is 0 Å². The first-order valence-electron chi connectivity index (χ1n) is 9.19. The van der Waals surface area contributed by atoms with Crippen LogP contribution < -0.4 is 0 Å². The molecule has 0 aliphatic rings.